The lowest BCUT2D eigenvalue weighted by Crippen LogP contribution is -2.15. The van der Waals surface area contributed by atoms with Gasteiger partial charge in [0.25, 0.3) is 0 Å². The Bertz CT molecular complexity index is 1070. The summed E-state index contributed by atoms with van der Waals surface area (Å²) in [7, 11) is 0. The molecule has 0 aliphatic carbocycles. The number of nitrogens with one attached hydrogen (secondary N) is 3. The molecule has 0 saturated carbocycles. The highest BCUT2D eigenvalue weighted by Crippen LogP contribution is 2.22. The summed E-state index contributed by atoms with van der Waals surface area (Å²) in [5.74, 6) is -0.378. The van der Waals surface area contributed by atoms with Crippen molar-refractivity contribution in [3.63, 3.8) is 0 Å². The second-order valence-corrected chi connectivity index (χ2v) is 9.41. The maximum atomic E-state index is 12.2. The summed E-state index contributed by atoms with van der Waals surface area (Å²) in [4.78, 5) is 9.38. The monoisotopic (exact) mass is 449 g/mol. The van der Waals surface area contributed by atoms with Gasteiger partial charge in [-0.25, -0.2) is 4.98 Å². The van der Waals surface area contributed by atoms with E-state index in [1.165, 1.54) is 6.20 Å². The summed E-state index contributed by atoms with van der Waals surface area (Å²) in [5, 5.41) is 19.7. The smallest absolute Gasteiger partial charge is 0.241 e. The van der Waals surface area contributed by atoms with E-state index in [2.05, 4.69) is 15.3 Å². The van der Waals surface area contributed by atoms with Crippen molar-refractivity contribution in [3.8, 4) is 11.3 Å². The predicted molar refractivity (Wildman–Crippen MR) is 128 cm³/mol. The lowest BCUT2D eigenvalue weighted by molar-refractivity contribution is 0.535. The minimum absolute atomic E-state index is 0.0427. The lowest BCUT2D eigenvalue weighted by Gasteiger charge is -2.14. The van der Waals surface area contributed by atoms with Crippen molar-refractivity contribution in [2.45, 2.75) is 37.5 Å². The van der Waals surface area contributed by atoms with Gasteiger partial charge in [0.2, 0.25) is 11.8 Å². The Morgan fingerprint density at radius 3 is 2.34 bits per heavy atom. The summed E-state index contributed by atoms with van der Waals surface area (Å²) < 4.78 is 17.7. The highest BCUT2D eigenvalue weighted by Gasteiger charge is 2.16. The molecule has 1 aromatic heterocycles. The number of hydrogen-bond acceptors (Lipinski definition) is 7. The number of nitrogens with zero attached hydrogens (tertiary/aromatic N) is 2. The lowest BCUT2D eigenvalue weighted by atomic mass is 10.1. The Balaban J connectivity index is 1.69. The van der Waals surface area contributed by atoms with Crippen molar-refractivity contribution in [1.82, 2.24) is 15.3 Å². The Morgan fingerprint density at radius 2 is 1.72 bits per heavy atom. The van der Waals surface area contributed by atoms with Crippen LogP contribution < -0.4 is 5.32 Å². The molecule has 0 aliphatic rings. The van der Waals surface area contributed by atoms with E-state index in [4.69, 9.17) is 15.6 Å². The fourth-order valence-electron chi connectivity index (χ4n) is 2.90. The van der Waals surface area contributed by atoms with Gasteiger partial charge < -0.3 is 14.6 Å². The van der Waals surface area contributed by atoms with Gasteiger partial charge in [-0.2, -0.15) is 0 Å². The number of benzene rings is 2. The molecule has 0 amide bonds. The van der Waals surface area contributed by atoms with Crippen molar-refractivity contribution in [1.29, 1.82) is 10.8 Å². The van der Waals surface area contributed by atoms with E-state index in [0.29, 0.717) is 11.3 Å². The molecule has 0 bridgehead atoms. The van der Waals surface area contributed by atoms with Crippen molar-refractivity contribution >= 4 is 23.0 Å². The first kappa shape index (κ1) is 23.6. The average Bonchev–Trinajstić information content (AvgIpc) is 2.82. The molecule has 0 radical (unpaired) electrons. The largest absolute Gasteiger partial charge is 0.611 e. The van der Waals surface area contributed by atoms with Gasteiger partial charge in [0.1, 0.15) is 10.9 Å². The third-order valence-electron chi connectivity index (χ3n) is 4.68. The zero-order valence-corrected chi connectivity index (χ0v) is 19.2. The third-order valence-corrected chi connectivity index (χ3v) is 6.27. The molecular formula is C24H27N5O2S. The average molecular weight is 450 g/mol. The van der Waals surface area contributed by atoms with Crippen LogP contribution in [-0.4, -0.2) is 38.1 Å². The maximum Gasteiger partial charge on any atom is 0.241 e. The van der Waals surface area contributed by atoms with Gasteiger partial charge in [0.15, 0.2) is 4.90 Å². The van der Waals surface area contributed by atoms with Crippen molar-refractivity contribution in [2.75, 3.05) is 6.54 Å². The van der Waals surface area contributed by atoms with Crippen LogP contribution in [0.3, 0.4) is 0 Å². The first-order valence-electron chi connectivity index (χ1n) is 10.4. The summed E-state index contributed by atoms with van der Waals surface area (Å²) >= 11 is -1.06. The molecule has 1 heterocycles. The van der Waals surface area contributed by atoms with Crippen LogP contribution in [0.4, 0.5) is 0 Å². The predicted octanol–water partition coefficient (Wildman–Crippen LogP) is 4.14. The van der Waals surface area contributed by atoms with Crippen LogP contribution in [0.1, 0.15) is 37.6 Å². The van der Waals surface area contributed by atoms with E-state index in [1.54, 1.807) is 18.3 Å². The Hall–Kier alpha value is -3.07. The second kappa shape index (κ2) is 11.0. The SMILES string of the molecule is CCNCc1ccc(C(=N)OC(=N)c2cncc(-c3ccc([S+]([O-])C(C)C)cc3)n2)cc1. The van der Waals surface area contributed by atoms with Crippen LogP contribution in [0.15, 0.2) is 65.8 Å². The topological polar surface area (TPSA) is 118 Å². The molecule has 166 valence electrons. The molecule has 32 heavy (non-hydrogen) atoms. The Kier molecular flexibility index (Phi) is 8.10. The van der Waals surface area contributed by atoms with Crippen LogP contribution in [0, 0.1) is 10.8 Å². The molecule has 0 aliphatic heterocycles. The molecule has 8 heteroatoms. The Labute approximate surface area is 191 Å². The van der Waals surface area contributed by atoms with Gasteiger partial charge in [0.05, 0.1) is 18.1 Å². The normalized spacial score (nSPS) is 11.9. The molecule has 0 saturated heterocycles. The molecule has 1 atom stereocenters. The summed E-state index contributed by atoms with van der Waals surface area (Å²) in [6, 6.07) is 14.8. The van der Waals surface area contributed by atoms with E-state index in [9.17, 15) is 4.55 Å². The van der Waals surface area contributed by atoms with Gasteiger partial charge in [-0.05, 0) is 73.5 Å². The number of hydrogen-bond donors (Lipinski definition) is 3. The van der Waals surface area contributed by atoms with Gasteiger partial charge in [0, 0.05) is 17.7 Å². The van der Waals surface area contributed by atoms with Crippen molar-refractivity contribution < 1.29 is 9.29 Å². The van der Waals surface area contributed by atoms with Crippen LogP contribution in [-0.2, 0) is 22.5 Å². The van der Waals surface area contributed by atoms with Gasteiger partial charge in [-0.3, -0.25) is 15.8 Å². The van der Waals surface area contributed by atoms with Gasteiger partial charge in [-0.1, -0.05) is 19.1 Å². The minimum atomic E-state index is -1.06. The van der Waals surface area contributed by atoms with Crippen molar-refractivity contribution in [3.05, 3.63) is 77.7 Å². The van der Waals surface area contributed by atoms with Gasteiger partial charge >= 0.3 is 0 Å². The minimum Gasteiger partial charge on any atom is -0.611 e. The first-order valence-corrected chi connectivity index (χ1v) is 11.6. The molecule has 3 aromatic rings. The summed E-state index contributed by atoms with van der Waals surface area (Å²) in [5.41, 5.74) is 3.28. The number of aromatic nitrogens is 2. The first-order chi connectivity index (χ1) is 15.4. The van der Waals surface area contributed by atoms with E-state index in [0.717, 1.165) is 29.1 Å². The summed E-state index contributed by atoms with van der Waals surface area (Å²) in [6.45, 7) is 7.53. The second-order valence-electron chi connectivity index (χ2n) is 7.40. The zero-order valence-electron chi connectivity index (χ0n) is 18.4. The molecular weight excluding hydrogens is 422 g/mol. The van der Waals surface area contributed by atoms with Crippen LogP contribution in [0.25, 0.3) is 11.3 Å². The quantitative estimate of drug-likeness (QED) is 0.271. The van der Waals surface area contributed by atoms with Crippen LogP contribution in [0.2, 0.25) is 0 Å². The van der Waals surface area contributed by atoms with Crippen LogP contribution >= 0.6 is 0 Å². The molecule has 0 fully saturated rings. The molecule has 7 nitrogen and oxygen atoms in total. The zero-order chi connectivity index (χ0) is 23.1. The van der Waals surface area contributed by atoms with E-state index < -0.39 is 11.2 Å². The fourth-order valence-corrected chi connectivity index (χ4v) is 3.85. The Morgan fingerprint density at radius 1 is 1.03 bits per heavy atom. The molecule has 2 aromatic carbocycles. The molecule has 1 unspecified atom stereocenters. The molecule has 0 spiro atoms. The van der Waals surface area contributed by atoms with Crippen molar-refractivity contribution in [2.24, 2.45) is 0 Å². The highest BCUT2D eigenvalue weighted by molar-refractivity contribution is 7.92. The van der Waals surface area contributed by atoms with E-state index in [-0.39, 0.29) is 22.7 Å². The number of rotatable bonds is 8. The highest BCUT2D eigenvalue weighted by atomic mass is 32.2. The molecule has 3 N–H and O–H groups in total. The molecule has 3 rings (SSSR count). The number of ether oxygens (including phenoxy) is 1. The fraction of sp³-hybridized carbons (Fsp3) is 0.250. The van der Waals surface area contributed by atoms with E-state index >= 15 is 0 Å². The van der Waals surface area contributed by atoms with E-state index in [1.807, 2.05) is 57.2 Å². The maximum absolute atomic E-state index is 12.2. The standard InChI is InChI=1S/C24H27N5O2S/c1-4-27-13-17-5-7-19(8-6-17)23(25)31-24(26)22-15-28-14-21(29-22)18-9-11-20(12-10-18)32(30)16(2)3/h5-12,14-16,25-27H,4,13H2,1-3H3. The third kappa shape index (κ3) is 6.00. The van der Waals surface area contributed by atoms with Crippen LogP contribution in [0.5, 0.6) is 0 Å². The van der Waals surface area contributed by atoms with Gasteiger partial charge in [-0.15, -0.1) is 0 Å². The summed E-state index contributed by atoms with van der Waals surface area (Å²) in [6.07, 6.45) is 3.03.